The van der Waals surface area contributed by atoms with Gasteiger partial charge in [0.2, 0.25) is 21.8 Å². The molecule has 0 aromatic heterocycles. The zero-order valence-corrected chi connectivity index (χ0v) is 25.9. The van der Waals surface area contributed by atoms with Gasteiger partial charge in [-0.2, -0.15) is 0 Å². The lowest BCUT2D eigenvalue weighted by molar-refractivity contribution is -0.140. The molecule has 0 radical (unpaired) electrons. The predicted octanol–water partition coefficient (Wildman–Crippen LogP) is 5.24. The van der Waals surface area contributed by atoms with Crippen LogP contribution in [0.4, 0.5) is 5.69 Å². The Kier molecular flexibility index (Phi) is 11.5. The van der Waals surface area contributed by atoms with Crippen molar-refractivity contribution in [3.63, 3.8) is 0 Å². The average molecular weight is 621 g/mol. The van der Waals surface area contributed by atoms with E-state index < -0.39 is 28.5 Å². The Morgan fingerprint density at radius 2 is 1.73 bits per heavy atom. The topological polar surface area (TPSA) is 96.0 Å². The van der Waals surface area contributed by atoms with Crippen molar-refractivity contribution in [2.75, 3.05) is 30.8 Å². The monoisotopic (exact) mass is 619 g/mol. The molecule has 2 amide bonds. The summed E-state index contributed by atoms with van der Waals surface area (Å²) in [5.74, 6) is -0.645. The molecule has 3 aromatic rings. The highest BCUT2D eigenvalue weighted by molar-refractivity contribution is 7.92. The second-order valence-electron chi connectivity index (χ2n) is 9.70. The van der Waals surface area contributed by atoms with E-state index in [4.69, 9.17) is 27.9 Å². The summed E-state index contributed by atoms with van der Waals surface area (Å²) in [5.41, 5.74) is 2.41. The van der Waals surface area contributed by atoms with Crippen molar-refractivity contribution in [1.82, 2.24) is 10.2 Å². The van der Waals surface area contributed by atoms with Gasteiger partial charge in [0.1, 0.15) is 18.3 Å². The second-order valence-corrected chi connectivity index (χ2v) is 12.4. The third-order valence-corrected chi connectivity index (χ3v) is 8.17. The molecule has 0 saturated heterocycles. The molecule has 0 bridgehead atoms. The number of carbonyl (C=O) groups excluding carboxylic acids is 2. The number of hydrogen-bond acceptors (Lipinski definition) is 5. The number of benzene rings is 3. The third kappa shape index (κ3) is 8.86. The van der Waals surface area contributed by atoms with Gasteiger partial charge in [0.05, 0.1) is 19.1 Å². The van der Waals surface area contributed by atoms with Gasteiger partial charge in [0, 0.05) is 29.6 Å². The maximum atomic E-state index is 14.2. The molecule has 220 valence electrons. The van der Waals surface area contributed by atoms with E-state index in [0.717, 1.165) is 21.7 Å². The number of amides is 2. The highest BCUT2D eigenvalue weighted by Gasteiger charge is 2.34. The maximum Gasteiger partial charge on any atom is 0.244 e. The molecule has 8 nitrogen and oxygen atoms in total. The standard InChI is InChI=1S/C30H35Cl2N3O5S/c1-5-15-33-30(37)27(17-22-9-7-6-8-10-22)34(19-23-12-13-24(31)18-25(23)32)29(36)20-35(41(4,38)39)26-16-21(2)11-14-28(26)40-3/h6-14,16,18,27H,5,15,17,19-20H2,1-4H3,(H,33,37)/t27-/m1/s1. The number of halogens is 2. The Labute approximate surface area is 252 Å². The Morgan fingerprint density at radius 3 is 2.34 bits per heavy atom. The van der Waals surface area contributed by atoms with E-state index in [2.05, 4.69) is 5.32 Å². The lowest BCUT2D eigenvalue weighted by Crippen LogP contribution is -2.53. The van der Waals surface area contributed by atoms with E-state index in [1.807, 2.05) is 44.2 Å². The second kappa shape index (κ2) is 14.6. The van der Waals surface area contributed by atoms with Crippen LogP contribution in [0.2, 0.25) is 10.0 Å². The summed E-state index contributed by atoms with van der Waals surface area (Å²) in [7, 11) is -2.51. The maximum absolute atomic E-state index is 14.2. The van der Waals surface area contributed by atoms with E-state index in [1.54, 1.807) is 36.4 Å². The molecule has 0 aliphatic heterocycles. The Hall–Kier alpha value is -3.27. The Morgan fingerprint density at radius 1 is 1.02 bits per heavy atom. The van der Waals surface area contributed by atoms with Crippen molar-refractivity contribution in [3.8, 4) is 5.75 Å². The van der Waals surface area contributed by atoms with Crippen LogP contribution in [0.3, 0.4) is 0 Å². The first-order valence-electron chi connectivity index (χ1n) is 13.1. The van der Waals surface area contributed by atoms with Crippen molar-refractivity contribution in [2.24, 2.45) is 0 Å². The van der Waals surface area contributed by atoms with Crippen molar-refractivity contribution in [1.29, 1.82) is 0 Å². The number of nitrogens with one attached hydrogen (secondary N) is 1. The minimum Gasteiger partial charge on any atom is -0.495 e. The molecule has 0 aliphatic rings. The van der Waals surface area contributed by atoms with Crippen molar-refractivity contribution >= 4 is 50.7 Å². The molecule has 41 heavy (non-hydrogen) atoms. The molecular weight excluding hydrogens is 585 g/mol. The molecule has 0 spiro atoms. The van der Waals surface area contributed by atoms with Crippen LogP contribution >= 0.6 is 23.2 Å². The van der Waals surface area contributed by atoms with Crippen LogP contribution in [0.15, 0.2) is 66.7 Å². The van der Waals surface area contributed by atoms with Crippen molar-refractivity contribution in [3.05, 3.63) is 93.5 Å². The zero-order valence-electron chi connectivity index (χ0n) is 23.6. The number of hydrogen-bond donors (Lipinski definition) is 1. The molecule has 0 heterocycles. The molecule has 3 aromatic carbocycles. The lowest BCUT2D eigenvalue weighted by Gasteiger charge is -2.34. The van der Waals surface area contributed by atoms with Crippen LogP contribution in [0.5, 0.6) is 5.75 Å². The SMILES string of the molecule is CCCNC(=O)[C@@H](Cc1ccccc1)N(Cc1ccc(Cl)cc1Cl)C(=O)CN(c1cc(C)ccc1OC)S(C)(=O)=O. The molecule has 1 N–H and O–H groups in total. The van der Waals surface area contributed by atoms with Gasteiger partial charge in [-0.1, -0.05) is 72.6 Å². The smallest absolute Gasteiger partial charge is 0.244 e. The molecule has 0 unspecified atom stereocenters. The van der Waals surface area contributed by atoms with Crippen molar-refractivity contribution in [2.45, 2.75) is 39.3 Å². The van der Waals surface area contributed by atoms with Crippen LogP contribution in [-0.4, -0.2) is 57.6 Å². The van der Waals surface area contributed by atoms with E-state index >= 15 is 0 Å². The Bertz CT molecular complexity index is 1470. The highest BCUT2D eigenvalue weighted by atomic mass is 35.5. The molecule has 1 atom stereocenters. The first-order valence-corrected chi connectivity index (χ1v) is 15.7. The van der Waals surface area contributed by atoms with Crippen LogP contribution < -0.4 is 14.4 Å². The molecule has 0 fully saturated rings. The van der Waals surface area contributed by atoms with Crippen LogP contribution in [-0.2, 0) is 32.6 Å². The fourth-order valence-corrected chi connectivity index (χ4v) is 5.66. The van der Waals surface area contributed by atoms with Gasteiger partial charge >= 0.3 is 0 Å². The summed E-state index contributed by atoms with van der Waals surface area (Å²) < 4.78 is 32.5. The summed E-state index contributed by atoms with van der Waals surface area (Å²) in [5, 5.41) is 3.65. The van der Waals surface area contributed by atoms with Gasteiger partial charge in [-0.3, -0.25) is 13.9 Å². The average Bonchev–Trinajstić information content (AvgIpc) is 2.93. The van der Waals surface area contributed by atoms with E-state index in [0.29, 0.717) is 34.3 Å². The van der Waals surface area contributed by atoms with Crippen LogP contribution in [0.25, 0.3) is 0 Å². The largest absolute Gasteiger partial charge is 0.495 e. The first kappa shape index (κ1) is 32.2. The summed E-state index contributed by atoms with van der Waals surface area (Å²) in [4.78, 5) is 29.1. The van der Waals surface area contributed by atoms with E-state index in [9.17, 15) is 18.0 Å². The minimum atomic E-state index is -3.94. The first-order chi connectivity index (χ1) is 19.4. The number of carbonyl (C=O) groups is 2. The number of anilines is 1. The van der Waals surface area contributed by atoms with Gasteiger partial charge < -0.3 is 15.0 Å². The third-order valence-electron chi connectivity index (χ3n) is 6.46. The number of ether oxygens (including phenoxy) is 1. The summed E-state index contributed by atoms with van der Waals surface area (Å²) >= 11 is 12.6. The summed E-state index contributed by atoms with van der Waals surface area (Å²) in [6.45, 7) is 3.56. The fourth-order valence-electron chi connectivity index (χ4n) is 4.34. The van der Waals surface area contributed by atoms with Gasteiger partial charge in [0.25, 0.3) is 0 Å². The lowest BCUT2D eigenvalue weighted by atomic mass is 10.0. The molecule has 3 rings (SSSR count). The van der Waals surface area contributed by atoms with E-state index in [1.165, 1.54) is 12.0 Å². The Balaban J connectivity index is 2.11. The summed E-state index contributed by atoms with van der Waals surface area (Å²) in [6, 6.07) is 18.3. The van der Waals surface area contributed by atoms with E-state index in [-0.39, 0.29) is 24.6 Å². The zero-order chi connectivity index (χ0) is 30.2. The molecular formula is C30H35Cl2N3O5S. The van der Waals surface area contributed by atoms with Crippen molar-refractivity contribution < 1.29 is 22.7 Å². The number of nitrogens with zero attached hydrogens (tertiary/aromatic N) is 2. The predicted molar refractivity (Wildman–Crippen MR) is 164 cm³/mol. The molecule has 11 heteroatoms. The van der Waals surface area contributed by atoms with Gasteiger partial charge in [-0.15, -0.1) is 0 Å². The molecule has 0 aliphatic carbocycles. The number of rotatable bonds is 13. The van der Waals surface area contributed by atoms with Crippen LogP contribution in [0, 0.1) is 6.92 Å². The minimum absolute atomic E-state index is 0.0472. The quantitative estimate of drug-likeness (QED) is 0.282. The normalized spacial score (nSPS) is 12.0. The van der Waals surface area contributed by atoms with Gasteiger partial charge in [-0.05, 0) is 54.3 Å². The van der Waals surface area contributed by atoms with Gasteiger partial charge in [-0.25, -0.2) is 8.42 Å². The molecule has 0 saturated carbocycles. The van der Waals surface area contributed by atoms with Crippen LogP contribution in [0.1, 0.15) is 30.0 Å². The van der Waals surface area contributed by atoms with Gasteiger partial charge in [0.15, 0.2) is 0 Å². The number of sulfonamides is 1. The number of methoxy groups -OCH3 is 1. The summed E-state index contributed by atoms with van der Waals surface area (Å²) in [6.07, 6.45) is 1.94. The highest BCUT2D eigenvalue weighted by Crippen LogP contribution is 2.31. The number of aryl methyl sites for hydroxylation is 1. The fraction of sp³-hybridized carbons (Fsp3) is 0.333.